The van der Waals surface area contributed by atoms with Crippen molar-refractivity contribution in [3.63, 3.8) is 0 Å². The highest BCUT2D eigenvalue weighted by Crippen LogP contribution is 2.28. The highest BCUT2D eigenvalue weighted by atomic mass is 16.2. The molecule has 1 aliphatic rings. The van der Waals surface area contributed by atoms with Crippen molar-refractivity contribution in [2.75, 3.05) is 6.54 Å². The van der Waals surface area contributed by atoms with Gasteiger partial charge >= 0.3 is 0 Å². The molecule has 2 aromatic heterocycles. The normalized spacial score (nSPS) is 19.5. The average molecular weight is 329 g/mol. The van der Waals surface area contributed by atoms with Gasteiger partial charge in [-0.05, 0) is 46.1 Å². The standard InChI is InChI=1S/C18H27N5O/c1-13(17-14(2)20-21(4)15(17)3)18(24)23-11-6-5-8-16(23)12-22-10-7-9-19-22/h7,9-10,13,16H,5-6,8,11-12H2,1-4H3/t13-,16+/m1/s1. The summed E-state index contributed by atoms with van der Waals surface area (Å²) in [4.78, 5) is 15.3. The van der Waals surface area contributed by atoms with E-state index in [1.807, 2.05) is 49.4 Å². The number of amides is 1. The Kier molecular flexibility index (Phi) is 4.73. The predicted molar refractivity (Wildman–Crippen MR) is 92.7 cm³/mol. The van der Waals surface area contributed by atoms with Crippen LogP contribution in [0.1, 0.15) is 49.1 Å². The molecule has 0 N–H and O–H groups in total. The van der Waals surface area contributed by atoms with Crippen LogP contribution in [0.4, 0.5) is 0 Å². The number of nitrogens with zero attached hydrogens (tertiary/aromatic N) is 5. The molecule has 1 amide bonds. The molecule has 0 aliphatic carbocycles. The smallest absolute Gasteiger partial charge is 0.230 e. The van der Waals surface area contributed by atoms with Crippen molar-refractivity contribution in [1.29, 1.82) is 0 Å². The van der Waals surface area contributed by atoms with Crippen molar-refractivity contribution in [2.45, 2.75) is 58.5 Å². The van der Waals surface area contributed by atoms with Crippen LogP contribution in [0.15, 0.2) is 18.5 Å². The van der Waals surface area contributed by atoms with Crippen molar-refractivity contribution in [3.8, 4) is 0 Å². The molecular formula is C18H27N5O. The summed E-state index contributed by atoms with van der Waals surface area (Å²) >= 11 is 0. The fourth-order valence-corrected chi connectivity index (χ4v) is 3.89. The second-order valence-electron chi connectivity index (χ2n) is 6.84. The molecule has 130 valence electrons. The van der Waals surface area contributed by atoms with Gasteiger partial charge in [-0.15, -0.1) is 0 Å². The number of hydrogen-bond donors (Lipinski definition) is 0. The molecule has 0 radical (unpaired) electrons. The average Bonchev–Trinajstić information content (AvgIpc) is 3.15. The van der Waals surface area contributed by atoms with E-state index >= 15 is 0 Å². The topological polar surface area (TPSA) is 56.0 Å². The Hall–Kier alpha value is -2.11. The van der Waals surface area contributed by atoms with Crippen LogP contribution in [0.3, 0.4) is 0 Å². The second kappa shape index (κ2) is 6.79. The van der Waals surface area contributed by atoms with Gasteiger partial charge in [0.05, 0.1) is 24.2 Å². The van der Waals surface area contributed by atoms with Crippen LogP contribution < -0.4 is 0 Å². The SMILES string of the molecule is Cc1nn(C)c(C)c1[C@@H](C)C(=O)N1CCCC[C@H]1Cn1cccn1. The fourth-order valence-electron chi connectivity index (χ4n) is 3.89. The zero-order chi connectivity index (χ0) is 17.3. The Morgan fingerprint density at radius 1 is 1.38 bits per heavy atom. The Morgan fingerprint density at radius 2 is 2.17 bits per heavy atom. The number of carbonyl (C=O) groups excluding carboxylic acids is 1. The van der Waals surface area contributed by atoms with Gasteiger partial charge in [0, 0.05) is 37.2 Å². The molecular weight excluding hydrogens is 302 g/mol. The molecule has 3 rings (SSSR count). The third kappa shape index (κ3) is 3.09. The lowest BCUT2D eigenvalue weighted by atomic mass is 9.94. The molecule has 0 bridgehead atoms. The van der Waals surface area contributed by atoms with Crippen molar-refractivity contribution < 1.29 is 4.79 Å². The van der Waals surface area contributed by atoms with E-state index in [-0.39, 0.29) is 17.9 Å². The van der Waals surface area contributed by atoms with Gasteiger partial charge in [-0.3, -0.25) is 14.2 Å². The summed E-state index contributed by atoms with van der Waals surface area (Å²) < 4.78 is 3.80. The van der Waals surface area contributed by atoms with Gasteiger partial charge in [-0.1, -0.05) is 0 Å². The van der Waals surface area contributed by atoms with Gasteiger partial charge in [0.1, 0.15) is 0 Å². The molecule has 3 heterocycles. The first-order valence-corrected chi connectivity index (χ1v) is 8.77. The van der Waals surface area contributed by atoms with E-state index in [4.69, 9.17) is 0 Å². The van der Waals surface area contributed by atoms with Crippen LogP contribution in [-0.2, 0) is 18.4 Å². The first kappa shape index (κ1) is 16.7. The lowest BCUT2D eigenvalue weighted by Gasteiger charge is -2.37. The third-order valence-electron chi connectivity index (χ3n) is 5.24. The summed E-state index contributed by atoms with van der Waals surface area (Å²) in [5.41, 5.74) is 3.11. The minimum absolute atomic E-state index is 0.156. The first-order valence-electron chi connectivity index (χ1n) is 8.77. The lowest BCUT2D eigenvalue weighted by Crippen LogP contribution is -2.47. The van der Waals surface area contributed by atoms with E-state index in [0.717, 1.165) is 42.9 Å². The largest absolute Gasteiger partial charge is 0.337 e. The molecule has 6 heteroatoms. The van der Waals surface area contributed by atoms with E-state index in [9.17, 15) is 4.79 Å². The molecule has 2 aromatic rings. The Balaban J connectivity index is 1.80. The number of piperidine rings is 1. The van der Waals surface area contributed by atoms with Crippen molar-refractivity contribution >= 4 is 5.91 Å². The summed E-state index contributed by atoms with van der Waals surface area (Å²) in [5.74, 6) is 0.0583. The van der Waals surface area contributed by atoms with Crippen LogP contribution in [0.25, 0.3) is 0 Å². The number of hydrogen-bond acceptors (Lipinski definition) is 3. The quantitative estimate of drug-likeness (QED) is 0.865. The zero-order valence-electron chi connectivity index (χ0n) is 15.1. The highest BCUT2D eigenvalue weighted by Gasteiger charge is 2.32. The van der Waals surface area contributed by atoms with Gasteiger partial charge in [-0.25, -0.2) is 0 Å². The molecule has 2 atom stereocenters. The van der Waals surface area contributed by atoms with Crippen LogP contribution >= 0.6 is 0 Å². The Bertz CT molecular complexity index is 703. The summed E-state index contributed by atoms with van der Waals surface area (Å²) in [7, 11) is 1.93. The van der Waals surface area contributed by atoms with E-state index in [1.165, 1.54) is 6.42 Å². The van der Waals surface area contributed by atoms with Crippen LogP contribution in [0, 0.1) is 13.8 Å². The number of aromatic nitrogens is 4. The number of aryl methyl sites for hydroxylation is 2. The molecule has 0 aromatic carbocycles. The molecule has 1 fully saturated rings. The van der Waals surface area contributed by atoms with Gasteiger partial charge < -0.3 is 4.90 Å². The molecule has 0 spiro atoms. The molecule has 1 aliphatic heterocycles. The lowest BCUT2D eigenvalue weighted by molar-refractivity contribution is -0.136. The monoisotopic (exact) mass is 329 g/mol. The summed E-state index contributed by atoms with van der Waals surface area (Å²) in [6.07, 6.45) is 7.06. The summed E-state index contributed by atoms with van der Waals surface area (Å²) in [6.45, 7) is 7.66. The maximum absolute atomic E-state index is 13.2. The van der Waals surface area contributed by atoms with E-state index in [0.29, 0.717) is 0 Å². The van der Waals surface area contributed by atoms with Crippen molar-refractivity contribution in [3.05, 3.63) is 35.4 Å². The van der Waals surface area contributed by atoms with Crippen LogP contribution in [-0.4, -0.2) is 43.0 Å². The molecule has 24 heavy (non-hydrogen) atoms. The summed E-state index contributed by atoms with van der Waals surface area (Å²) in [6, 6.07) is 2.16. The highest BCUT2D eigenvalue weighted by molar-refractivity contribution is 5.84. The van der Waals surface area contributed by atoms with Gasteiger partial charge in [0.25, 0.3) is 0 Å². The van der Waals surface area contributed by atoms with E-state index in [2.05, 4.69) is 15.1 Å². The molecule has 6 nitrogen and oxygen atoms in total. The molecule has 0 saturated carbocycles. The zero-order valence-corrected chi connectivity index (χ0v) is 15.1. The molecule has 0 unspecified atom stereocenters. The molecule has 1 saturated heterocycles. The predicted octanol–water partition coefficient (Wildman–Crippen LogP) is 2.42. The fraction of sp³-hybridized carbons (Fsp3) is 0.611. The van der Waals surface area contributed by atoms with Crippen LogP contribution in [0.5, 0.6) is 0 Å². The van der Waals surface area contributed by atoms with E-state index in [1.54, 1.807) is 6.20 Å². The minimum Gasteiger partial charge on any atom is -0.337 e. The minimum atomic E-state index is -0.156. The van der Waals surface area contributed by atoms with Crippen molar-refractivity contribution in [1.82, 2.24) is 24.5 Å². The summed E-state index contributed by atoms with van der Waals surface area (Å²) in [5, 5.41) is 8.77. The number of likely N-dealkylation sites (tertiary alicyclic amines) is 1. The second-order valence-corrected chi connectivity index (χ2v) is 6.84. The van der Waals surface area contributed by atoms with Gasteiger partial charge in [0.15, 0.2) is 0 Å². The Morgan fingerprint density at radius 3 is 2.79 bits per heavy atom. The number of carbonyl (C=O) groups is 1. The maximum atomic E-state index is 13.2. The van der Waals surface area contributed by atoms with Crippen molar-refractivity contribution in [2.24, 2.45) is 7.05 Å². The number of rotatable bonds is 4. The first-order chi connectivity index (χ1) is 11.5. The Labute approximate surface area is 143 Å². The van der Waals surface area contributed by atoms with Crippen LogP contribution in [0.2, 0.25) is 0 Å². The van der Waals surface area contributed by atoms with Gasteiger partial charge in [0.2, 0.25) is 5.91 Å². The van der Waals surface area contributed by atoms with E-state index < -0.39 is 0 Å². The third-order valence-corrected chi connectivity index (χ3v) is 5.24. The van der Waals surface area contributed by atoms with Gasteiger partial charge in [-0.2, -0.15) is 10.2 Å². The maximum Gasteiger partial charge on any atom is 0.230 e.